The molecule has 1 atom stereocenters. The summed E-state index contributed by atoms with van der Waals surface area (Å²) in [7, 11) is 1.92. The highest BCUT2D eigenvalue weighted by Gasteiger charge is 2.19. The van der Waals surface area contributed by atoms with E-state index in [1.807, 2.05) is 30.1 Å². The summed E-state index contributed by atoms with van der Waals surface area (Å²) >= 11 is 0. The molecule has 1 aliphatic rings. The Bertz CT molecular complexity index is 372. The van der Waals surface area contributed by atoms with Crippen molar-refractivity contribution in [2.24, 2.45) is 12.8 Å². The second-order valence-electron chi connectivity index (χ2n) is 4.63. The predicted octanol–water partition coefficient (Wildman–Crippen LogP) is 0.631. The fourth-order valence-electron chi connectivity index (χ4n) is 2.20. The van der Waals surface area contributed by atoms with Crippen LogP contribution in [0.2, 0.25) is 0 Å². The number of hydrogen-bond acceptors (Lipinski definition) is 3. The maximum absolute atomic E-state index is 11.9. The van der Waals surface area contributed by atoms with Crippen molar-refractivity contribution < 1.29 is 4.79 Å². The Morgan fingerprint density at radius 2 is 2.44 bits per heavy atom. The summed E-state index contributed by atoms with van der Waals surface area (Å²) in [5.41, 5.74) is 6.68. The predicted molar refractivity (Wildman–Crippen MR) is 63.4 cm³/mol. The standard InChI is InChI=1S/C12H19N3O/c1-14-6-4-10(7-14)12(16)9-15-5-2-3-11(13)8-15/h4,6-7,11H,2-3,5,8-9,13H2,1H3. The minimum Gasteiger partial charge on any atom is -0.357 e. The third-order valence-corrected chi connectivity index (χ3v) is 3.06. The average Bonchev–Trinajstić information content (AvgIpc) is 2.65. The normalized spacial score (nSPS) is 22.2. The summed E-state index contributed by atoms with van der Waals surface area (Å²) < 4.78 is 1.90. The molecule has 88 valence electrons. The molecule has 4 nitrogen and oxygen atoms in total. The van der Waals surface area contributed by atoms with Crippen LogP contribution < -0.4 is 5.73 Å². The van der Waals surface area contributed by atoms with Crippen LogP contribution in [-0.2, 0) is 7.05 Å². The monoisotopic (exact) mass is 221 g/mol. The zero-order valence-electron chi connectivity index (χ0n) is 9.72. The Labute approximate surface area is 96.0 Å². The van der Waals surface area contributed by atoms with Gasteiger partial charge in [-0.05, 0) is 25.5 Å². The van der Waals surface area contributed by atoms with Crippen LogP contribution in [0.15, 0.2) is 18.5 Å². The van der Waals surface area contributed by atoms with E-state index in [0.29, 0.717) is 6.54 Å². The molecule has 0 aliphatic carbocycles. The highest BCUT2D eigenvalue weighted by molar-refractivity contribution is 5.97. The Hall–Kier alpha value is -1.13. The smallest absolute Gasteiger partial charge is 0.178 e. The van der Waals surface area contributed by atoms with E-state index in [1.54, 1.807) is 0 Å². The molecular weight excluding hydrogens is 202 g/mol. The molecule has 2 heterocycles. The number of hydrogen-bond donors (Lipinski definition) is 1. The second-order valence-corrected chi connectivity index (χ2v) is 4.63. The molecule has 2 rings (SSSR count). The highest BCUT2D eigenvalue weighted by atomic mass is 16.1. The number of nitrogens with zero attached hydrogens (tertiary/aromatic N) is 2. The topological polar surface area (TPSA) is 51.3 Å². The number of carbonyl (C=O) groups excluding carboxylic acids is 1. The Kier molecular flexibility index (Phi) is 3.41. The van der Waals surface area contributed by atoms with Gasteiger partial charge < -0.3 is 10.3 Å². The number of Topliss-reactive ketones (excluding diaryl/α,β-unsaturated/α-hetero) is 1. The van der Waals surface area contributed by atoms with E-state index in [2.05, 4.69) is 4.90 Å². The molecule has 1 fully saturated rings. The molecule has 0 amide bonds. The van der Waals surface area contributed by atoms with Crippen LogP contribution in [0.25, 0.3) is 0 Å². The van der Waals surface area contributed by atoms with Crippen molar-refractivity contribution in [3.63, 3.8) is 0 Å². The number of carbonyl (C=O) groups is 1. The summed E-state index contributed by atoms with van der Waals surface area (Å²) in [6, 6.07) is 2.10. The SMILES string of the molecule is Cn1ccc(C(=O)CN2CCCC(N)C2)c1. The van der Waals surface area contributed by atoms with E-state index < -0.39 is 0 Å². The maximum Gasteiger partial charge on any atom is 0.178 e. The molecule has 0 spiro atoms. The lowest BCUT2D eigenvalue weighted by atomic mass is 10.1. The van der Waals surface area contributed by atoms with Crippen LogP contribution in [-0.4, -0.2) is 40.9 Å². The van der Waals surface area contributed by atoms with Gasteiger partial charge in [0, 0.05) is 37.6 Å². The maximum atomic E-state index is 11.9. The number of nitrogens with two attached hydrogens (primary N) is 1. The van der Waals surface area contributed by atoms with Gasteiger partial charge in [-0.1, -0.05) is 0 Å². The second kappa shape index (κ2) is 4.80. The van der Waals surface area contributed by atoms with Gasteiger partial charge in [-0.3, -0.25) is 9.69 Å². The van der Waals surface area contributed by atoms with E-state index >= 15 is 0 Å². The van der Waals surface area contributed by atoms with Gasteiger partial charge in [-0.15, -0.1) is 0 Å². The van der Waals surface area contributed by atoms with Gasteiger partial charge in [0.2, 0.25) is 0 Å². The van der Waals surface area contributed by atoms with Crippen molar-refractivity contribution in [3.05, 3.63) is 24.0 Å². The number of ketones is 1. The molecule has 4 heteroatoms. The van der Waals surface area contributed by atoms with Crippen molar-refractivity contribution in [1.29, 1.82) is 0 Å². The van der Waals surface area contributed by atoms with E-state index in [1.165, 1.54) is 0 Å². The first kappa shape index (κ1) is 11.4. The van der Waals surface area contributed by atoms with Gasteiger partial charge in [0.05, 0.1) is 6.54 Å². The molecule has 2 N–H and O–H groups in total. The molecule has 1 aliphatic heterocycles. The largest absolute Gasteiger partial charge is 0.357 e. The van der Waals surface area contributed by atoms with Crippen molar-refractivity contribution in [3.8, 4) is 0 Å². The number of rotatable bonds is 3. The molecule has 0 bridgehead atoms. The van der Waals surface area contributed by atoms with Gasteiger partial charge in [0.15, 0.2) is 5.78 Å². The molecule has 1 aromatic rings. The van der Waals surface area contributed by atoms with Gasteiger partial charge in [0.25, 0.3) is 0 Å². The summed E-state index contributed by atoms with van der Waals surface area (Å²) in [6.07, 6.45) is 5.95. The molecule has 0 saturated carbocycles. The minimum absolute atomic E-state index is 0.190. The third-order valence-electron chi connectivity index (χ3n) is 3.06. The van der Waals surface area contributed by atoms with Crippen LogP contribution in [0, 0.1) is 0 Å². The van der Waals surface area contributed by atoms with E-state index in [4.69, 9.17) is 5.73 Å². The molecule has 1 aromatic heterocycles. The highest BCUT2D eigenvalue weighted by Crippen LogP contribution is 2.10. The molecular formula is C12H19N3O. The van der Waals surface area contributed by atoms with E-state index in [9.17, 15) is 4.79 Å². The van der Waals surface area contributed by atoms with Crippen molar-refractivity contribution in [2.45, 2.75) is 18.9 Å². The molecule has 0 aromatic carbocycles. The summed E-state index contributed by atoms with van der Waals surface area (Å²) in [4.78, 5) is 14.1. The van der Waals surface area contributed by atoms with Crippen molar-refractivity contribution in [2.75, 3.05) is 19.6 Å². The first-order valence-corrected chi connectivity index (χ1v) is 5.78. The van der Waals surface area contributed by atoms with E-state index in [0.717, 1.165) is 31.5 Å². The summed E-state index contributed by atoms with van der Waals surface area (Å²) in [5, 5.41) is 0. The number of piperidine rings is 1. The first-order chi connectivity index (χ1) is 7.65. The van der Waals surface area contributed by atoms with Gasteiger partial charge in [0.1, 0.15) is 0 Å². The molecule has 0 radical (unpaired) electrons. The lowest BCUT2D eigenvalue weighted by molar-refractivity contribution is 0.0908. The van der Waals surface area contributed by atoms with Crippen LogP contribution >= 0.6 is 0 Å². The van der Waals surface area contributed by atoms with Crippen molar-refractivity contribution in [1.82, 2.24) is 9.47 Å². The minimum atomic E-state index is 0.190. The lowest BCUT2D eigenvalue weighted by Crippen LogP contribution is -2.44. The Morgan fingerprint density at radius 1 is 1.62 bits per heavy atom. The van der Waals surface area contributed by atoms with Crippen molar-refractivity contribution >= 4 is 5.78 Å². The van der Waals surface area contributed by atoms with Crippen LogP contribution in [0.4, 0.5) is 0 Å². The fraction of sp³-hybridized carbons (Fsp3) is 0.583. The summed E-state index contributed by atoms with van der Waals surface area (Å²) in [5.74, 6) is 0.190. The fourth-order valence-corrected chi connectivity index (χ4v) is 2.20. The zero-order chi connectivity index (χ0) is 11.5. The Morgan fingerprint density at radius 3 is 3.06 bits per heavy atom. The molecule has 1 unspecified atom stereocenters. The Balaban J connectivity index is 1.92. The average molecular weight is 221 g/mol. The number of likely N-dealkylation sites (tertiary alicyclic amines) is 1. The number of aryl methyl sites for hydroxylation is 1. The molecule has 1 saturated heterocycles. The third kappa shape index (κ3) is 2.71. The summed E-state index contributed by atoms with van der Waals surface area (Å²) in [6.45, 7) is 2.34. The van der Waals surface area contributed by atoms with Crippen LogP contribution in [0.5, 0.6) is 0 Å². The van der Waals surface area contributed by atoms with Gasteiger partial charge in [-0.2, -0.15) is 0 Å². The van der Waals surface area contributed by atoms with Crippen LogP contribution in [0.3, 0.4) is 0 Å². The van der Waals surface area contributed by atoms with E-state index in [-0.39, 0.29) is 11.8 Å². The molecule has 16 heavy (non-hydrogen) atoms. The van der Waals surface area contributed by atoms with Crippen LogP contribution in [0.1, 0.15) is 23.2 Å². The number of aromatic nitrogens is 1. The lowest BCUT2D eigenvalue weighted by Gasteiger charge is -2.29. The van der Waals surface area contributed by atoms with Gasteiger partial charge >= 0.3 is 0 Å². The first-order valence-electron chi connectivity index (χ1n) is 5.78. The van der Waals surface area contributed by atoms with Gasteiger partial charge in [-0.25, -0.2) is 0 Å². The zero-order valence-corrected chi connectivity index (χ0v) is 9.72. The quantitative estimate of drug-likeness (QED) is 0.762.